The number of nitrogens with zero attached hydrogens (tertiary/aromatic N) is 1. The van der Waals surface area contributed by atoms with Crippen LogP contribution in [0.3, 0.4) is 0 Å². The largest absolute Gasteiger partial charge is 0.372 e. The van der Waals surface area contributed by atoms with E-state index in [9.17, 15) is 0 Å². The van der Waals surface area contributed by atoms with E-state index >= 15 is 0 Å². The van der Waals surface area contributed by atoms with Gasteiger partial charge in [-0.15, -0.1) is 0 Å². The molecule has 0 aliphatic rings. The number of benzene rings is 4. The molecule has 0 fully saturated rings. The average Bonchev–Trinajstić information content (AvgIpc) is 2.89. The van der Waals surface area contributed by atoms with E-state index in [0.29, 0.717) is 0 Å². The second-order valence-corrected chi connectivity index (χ2v) is 7.98. The lowest BCUT2D eigenvalue weighted by atomic mass is 9.94. The van der Waals surface area contributed by atoms with Crippen LogP contribution in [0.25, 0.3) is 11.1 Å². The smallest absolute Gasteiger partial charge is 0.0366 e. The molecule has 164 valence electrons. The normalized spacial score (nSPS) is 11.2. The van der Waals surface area contributed by atoms with Crippen molar-refractivity contribution in [1.29, 1.82) is 0 Å². The molecule has 0 saturated heterocycles. The second-order valence-electron chi connectivity index (χ2n) is 7.98. The van der Waals surface area contributed by atoms with Crippen LogP contribution in [0.2, 0.25) is 0 Å². The number of rotatable bonds is 8. The van der Waals surface area contributed by atoms with Gasteiger partial charge in [-0.1, -0.05) is 115 Å². The number of allylic oxidation sites excluding steroid dienone is 2. The van der Waals surface area contributed by atoms with E-state index in [2.05, 4.69) is 146 Å². The summed E-state index contributed by atoms with van der Waals surface area (Å²) in [6.07, 6.45) is 4.52. The van der Waals surface area contributed by atoms with Gasteiger partial charge in [0.05, 0.1) is 0 Å². The summed E-state index contributed by atoms with van der Waals surface area (Å²) in [5, 5.41) is 0. The molecule has 4 aromatic carbocycles. The van der Waals surface area contributed by atoms with E-state index < -0.39 is 0 Å². The van der Waals surface area contributed by atoms with Crippen LogP contribution in [0, 0.1) is 0 Å². The van der Waals surface area contributed by atoms with E-state index in [1.165, 1.54) is 39.1 Å². The van der Waals surface area contributed by atoms with Crippen LogP contribution in [0.4, 0.5) is 5.69 Å². The highest BCUT2D eigenvalue weighted by Gasteiger charge is 2.08. The van der Waals surface area contributed by atoms with Crippen LogP contribution in [-0.4, -0.2) is 13.1 Å². The first-order chi connectivity index (χ1) is 16.3. The Hall–Kier alpha value is -3.84. The third kappa shape index (κ3) is 5.51. The van der Waals surface area contributed by atoms with Crippen LogP contribution >= 0.6 is 0 Å². The molecule has 1 nitrogen and oxygen atoms in total. The van der Waals surface area contributed by atoms with Gasteiger partial charge in [-0.3, -0.25) is 0 Å². The van der Waals surface area contributed by atoms with Crippen LogP contribution in [0.5, 0.6) is 0 Å². The summed E-state index contributed by atoms with van der Waals surface area (Å²) in [4.78, 5) is 2.37. The topological polar surface area (TPSA) is 3.24 Å². The van der Waals surface area contributed by atoms with Crippen molar-refractivity contribution in [2.24, 2.45) is 0 Å². The zero-order valence-electron chi connectivity index (χ0n) is 19.5. The quantitative estimate of drug-likeness (QED) is 0.256. The highest BCUT2D eigenvalue weighted by molar-refractivity contribution is 5.86. The van der Waals surface area contributed by atoms with Crippen molar-refractivity contribution >= 4 is 16.8 Å². The zero-order valence-corrected chi connectivity index (χ0v) is 19.5. The molecule has 1 heteroatoms. The summed E-state index contributed by atoms with van der Waals surface area (Å²) in [5.41, 5.74) is 8.54. The third-order valence-electron chi connectivity index (χ3n) is 5.98. The summed E-state index contributed by atoms with van der Waals surface area (Å²) < 4.78 is 0. The van der Waals surface area contributed by atoms with Crippen molar-refractivity contribution in [3.63, 3.8) is 0 Å². The van der Waals surface area contributed by atoms with Crippen molar-refractivity contribution in [2.45, 2.75) is 13.8 Å². The van der Waals surface area contributed by atoms with E-state index in [1.807, 2.05) is 0 Å². The highest BCUT2D eigenvalue weighted by Crippen LogP contribution is 2.29. The first kappa shape index (κ1) is 22.4. The minimum absolute atomic E-state index is 1.01. The third-order valence-corrected chi connectivity index (χ3v) is 5.98. The van der Waals surface area contributed by atoms with Gasteiger partial charge >= 0.3 is 0 Å². The Kier molecular flexibility index (Phi) is 7.56. The summed E-state index contributed by atoms with van der Waals surface area (Å²) in [5.74, 6) is 0. The molecule has 33 heavy (non-hydrogen) atoms. The Morgan fingerprint density at radius 3 is 1.15 bits per heavy atom. The maximum absolute atomic E-state index is 2.37. The predicted molar refractivity (Wildman–Crippen MR) is 143 cm³/mol. The summed E-state index contributed by atoms with van der Waals surface area (Å²) in [6, 6.07) is 40.8. The molecule has 0 saturated carbocycles. The van der Waals surface area contributed by atoms with Gasteiger partial charge in [0.25, 0.3) is 0 Å². The minimum Gasteiger partial charge on any atom is -0.372 e. The maximum Gasteiger partial charge on any atom is 0.0366 e. The van der Waals surface area contributed by atoms with Crippen molar-refractivity contribution < 1.29 is 0 Å². The SMILES string of the molecule is CCN(CC)c1ccc(/C(=C/C=C(c2ccccc2)c2ccccc2)c2ccccc2)cc1. The van der Waals surface area contributed by atoms with Gasteiger partial charge in [0.15, 0.2) is 0 Å². The van der Waals surface area contributed by atoms with E-state index in [-0.39, 0.29) is 0 Å². The molecular formula is C32H31N. The Labute approximate surface area is 198 Å². The molecule has 0 atom stereocenters. The van der Waals surface area contributed by atoms with Crippen LogP contribution in [0.1, 0.15) is 36.1 Å². The Bertz CT molecular complexity index is 1140. The standard InChI is InChI=1S/C32H31N/c1-3-33(4-2)30-22-20-29(21-23-30)32(28-18-12-7-13-19-28)25-24-31(26-14-8-5-9-15-26)27-16-10-6-11-17-27/h5-25H,3-4H2,1-2H3/b32-25+. The molecule has 0 aliphatic heterocycles. The molecule has 0 amide bonds. The Balaban J connectivity index is 1.82. The fourth-order valence-electron chi connectivity index (χ4n) is 4.18. The van der Waals surface area contributed by atoms with Gasteiger partial charge in [0.1, 0.15) is 0 Å². The minimum atomic E-state index is 1.01. The second kappa shape index (κ2) is 11.2. The summed E-state index contributed by atoms with van der Waals surface area (Å²) >= 11 is 0. The van der Waals surface area contributed by atoms with Crippen LogP contribution < -0.4 is 4.90 Å². The van der Waals surface area contributed by atoms with E-state index in [4.69, 9.17) is 0 Å². The first-order valence-electron chi connectivity index (χ1n) is 11.7. The number of hydrogen-bond acceptors (Lipinski definition) is 1. The van der Waals surface area contributed by atoms with Crippen LogP contribution in [0.15, 0.2) is 127 Å². The molecule has 0 N–H and O–H groups in total. The van der Waals surface area contributed by atoms with Crippen molar-refractivity contribution in [2.75, 3.05) is 18.0 Å². The van der Waals surface area contributed by atoms with Crippen molar-refractivity contribution in [1.82, 2.24) is 0 Å². The van der Waals surface area contributed by atoms with Crippen LogP contribution in [-0.2, 0) is 0 Å². The fourth-order valence-corrected chi connectivity index (χ4v) is 4.18. The molecular weight excluding hydrogens is 398 g/mol. The van der Waals surface area contributed by atoms with Gasteiger partial charge in [-0.2, -0.15) is 0 Å². The molecule has 0 aromatic heterocycles. The first-order valence-corrected chi connectivity index (χ1v) is 11.7. The Morgan fingerprint density at radius 1 is 0.485 bits per heavy atom. The van der Waals surface area contributed by atoms with Gasteiger partial charge in [0, 0.05) is 18.8 Å². The lowest BCUT2D eigenvalue weighted by Crippen LogP contribution is -2.21. The van der Waals surface area contributed by atoms with E-state index in [0.717, 1.165) is 13.1 Å². The average molecular weight is 430 g/mol. The zero-order chi connectivity index (χ0) is 22.9. The van der Waals surface area contributed by atoms with Gasteiger partial charge < -0.3 is 4.90 Å². The van der Waals surface area contributed by atoms with Gasteiger partial charge in [-0.05, 0) is 59.4 Å². The monoisotopic (exact) mass is 429 g/mol. The lowest BCUT2D eigenvalue weighted by Gasteiger charge is -2.21. The van der Waals surface area contributed by atoms with Gasteiger partial charge in [-0.25, -0.2) is 0 Å². The molecule has 0 spiro atoms. The molecule has 4 rings (SSSR count). The lowest BCUT2D eigenvalue weighted by molar-refractivity contribution is 0.866. The fraction of sp³-hybridized carbons (Fsp3) is 0.125. The summed E-state index contributed by atoms with van der Waals surface area (Å²) in [7, 11) is 0. The molecule has 0 unspecified atom stereocenters. The summed E-state index contributed by atoms with van der Waals surface area (Å²) in [6.45, 7) is 6.42. The Morgan fingerprint density at radius 2 is 0.818 bits per heavy atom. The highest BCUT2D eigenvalue weighted by atomic mass is 15.1. The maximum atomic E-state index is 2.37. The molecule has 0 radical (unpaired) electrons. The molecule has 0 aliphatic carbocycles. The van der Waals surface area contributed by atoms with Gasteiger partial charge in [0.2, 0.25) is 0 Å². The molecule has 0 heterocycles. The number of anilines is 1. The number of hydrogen-bond donors (Lipinski definition) is 0. The van der Waals surface area contributed by atoms with Crippen molar-refractivity contribution in [3.05, 3.63) is 150 Å². The molecule has 4 aromatic rings. The van der Waals surface area contributed by atoms with E-state index in [1.54, 1.807) is 0 Å². The van der Waals surface area contributed by atoms with Crippen molar-refractivity contribution in [3.8, 4) is 0 Å². The molecule has 0 bridgehead atoms. The predicted octanol–water partition coefficient (Wildman–Crippen LogP) is 8.10.